The Hall–Kier alpha value is -4.91. The fourth-order valence-electron chi connectivity index (χ4n) is 5.80. The van der Waals surface area contributed by atoms with E-state index in [2.05, 4.69) is 72.8 Å². The molecule has 3 aromatic heterocycles. The molecule has 0 atom stereocenters. The number of allylic oxidation sites excluding steroid dienone is 1. The van der Waals surface area contributed by atoms with Crippen molar-refractivity contribution in [1.82, 2.24) is 39.8 Å². The van der Waals surface area contributed by atoms with Crippen molar-refractivity contribution >= 4 is 62.2 Å². The maximum atomic E-state index is 11.0. The van der Waals surface area contributed by atoms with Crippen LogP contribution in [0.25, 0.3) is 28.2 Å². The molecule has 0 spiro atoms. The third kappa shape index (κ3) is 6.02. The van der Waals surface area contributed by atoms with Gasteiger partial charge >= 0.3 is 0 Å². The highest BCUT2D eigenvalue weighted by molar-refractivity contribution is 6.66. The van der Waals surface area contributed by atoms with Crippen LogP contribution in [0.4, 0.5) is 17.2 Å². The second-order valence-corrected chi connectivity index (χ2v) is 12.0. The lowest BCUT2D eigenvalue weighted by atomic mass is 9.93. The molecule has 0 amide bonds. The first-order valence-electron chi connectivity index (χ1n) is 15.1. The molecule has 0 radical (unpaired) electrons. The zero-order valence-electron chi connectivity index (χ0n) is 25.7. The second kappa shape index (κ2) is 12.5. The smallest absolute Gasteiger partial charge is 0.245 e. The van der Waals surface area contributed by atoms with Gasteiger partial charge in [0.25, 0.3) is 0 Å². The summed E-state index contributed by atoms with van der Waals surface area (Å²) in [6.45, 7) is 5.71. The summed E-state index contributed by atoms with van der Waals surface area (Å²) in [5, 5.41) is 11.7. The van der Waals surface area contributed by atoms with Crippen molar-refractivity contribution in [1.29, 1.82) is 0 Å². The fourth-order valence-corrected chi connectivity index (χ4v) is 5.86. The summed E-state index contributed by atoms with van der Waals surface area (Å²) in [6.07, 6.45) is 9.04. The number of ether oxygens (including phenoxy) is 1. The van der Waals surface area contributed by atoms with Crippen molar-refractivity contribution in [2.24, 2.45) is 0 Å². The number of aromatic nitrogens is 6. The molecule has 234 valence electrons. The fraction of sp³-hybridized carbons (Fsp3) is 0.273. The van der Waals surface area contributed by atoms with Crippen LogP contribution in [0.1, 0.15) is 23.4 Å². The number of nitrogens with zero attached hydrogens (tertiary/aromatic N) is 8. The minimum absolute atomic E-state index is 0.339. The number of halogens is 1. The Morgan fingerprint density at radius 1 is 1.15 bits per heavy atom. The number of benzene rings is 2. The zero-order valence-corrected chi connectivity index (χ0v) is 26.5. The molecule has 0 saturated carbocycles. The van der Waals surface area contributed by atoms with E-state index in [1.165, 1.54) is 39.8 Å². The molecule has 12 nitrogen and oxygen atoms in total. The van der Waals surface area contributed by atoms with Crippen molar-refractivity contribution in [3.63, 3.8) is 0 Å². The Kier molecular flexibility index (Phi) is 8.07. The Bertz CT molecular complexity index is 2020. The summed E-state index contributed by atoms with van der Waals surface area (Å²) in [4.78, 5) is 33.9. The van der Waals surface area contributed by atoms with Gasteiger partial charge < -0.3 is 25.2 Å². The molecule has 5 aromatic rings. The van der Waals surface area contributed by atoms with E-state index in [1.807, 2.05) is 25.1 Å². The molecule has 46 heavy (non-hydrogen) atoms. The molecule has 2 aliphatic heterocycles. The lowest BCUT2D eigenvalue weighted by Crippen LogP contribution is -2.57. The maximum Gasteiger partial charge on any atom is 0.245 e. The average molecular weight is 637 g/mol. The number of likely N-dealkylation sites (N-methyl/N-ethyl adjacent to an activating group) is 1. The highest BCUT2D eigenvalue weighted by Crippen LogP contribution is 2.42. The topological polar surface area (TPSA) is 126 Å². The highest BCUT2D eigenvalue weighted by atomic mass is 35.5. The van der Waals surface area contributed by atoms with E-state index >= 15 is 0 Å². The van der Waals surface area contributed by atoms with Crippen LogP contribution in [-0.4, -0.2) is 86.0 Å². The second-order valence-electron chi connectivity index (χ2n) is 11.6. The molecule has 5 heterocycles. The van der Waals surface area contributed by atoms with Crippen LogP contribution in [0.3, 0.4) is 0 Å². The van der Waals surface area contributed by atoms with Gasteiger partial charge in [0.05, 0.1) is 16.6 Å². The third-order valence-electron chi connectivity index (χ3n) is 8.33. The normalized spacial score (nSPS) is 15.5. The van der Waals surface area contributed by atoms with Crippen molar-refractivity contribution in [2.75, 3.05) is 50.5 Å². The molecular formula is C33H33ClN10O2. The molecule has 1 fully saturated rings. The molecule has 2 aromatic carbocycles. The summed E-state index contributed by atoms with van der Waals surface area (Å²) in [6, 6.07) is 12.4. The number of carbonyl (C=O) groups is 1. The van der Waals surface area contributed by atoms with Crippen molar-refractivity contribution in [3.8, 4) is 11.6 Å². The van der Waals surface area contributed by atoms with Gasteiger partial charge in [0.15, 0.2) is 11.5 Å². The molecule has 2 aliphatic rings. The van der Waals surface area contributed by atoms with E-state index in [0.717, 1.165) is 60.6 Å². The first-order valence-corrected chi connectivity index (χ1v) is 15.4. The maximum absolute atomic E-state index is 11.0. The van der Waals surface area contributed by atoms with Crippen LogP contribution in [-0.2, 0) is 4.79 Å². The summed E-state index contributed by atoms with van der Waals surface area (Å²) in [5.41, 5.74) is 7.00. The summed E-state index contributed by atoms with van der Waals surface area (Å²) < 4.78 is 7.62. The quantitative estimate of drug-likeness (QED) is 0.171. The molecule has 7 rings (SSSR count). The highest BCUT2D eigenvalue weighted by Gasteiger charge is 2.32. The standard InChI is InChI=1S/C33H33ClN10O2/c1-20-14-22(4-7-26(20)46-30-15-29-40-28(9-8-27(34)45)41-44(29)19-38-30)39-33-31-25(36-18-37-33)6-5-24(21-10-12-35-13-11-21)32(31)43-16-23(17-43)42(2)3/h4-10,14-15,18-19,23,35H,11-13,16-17H2,1-3H3,(H,36,37,39)/b9-8+. The summed E-state index contributed by atoms with van der Waals surface area (Å²) in [5.74, 6) is 2.12. The van der Waals surface area contributed by atoms with Gasteiger partial charge in [-0.25, -0.2) is 24.5 Å². The summed E-state index contributed by atoms with van der Waals surface area (Å²) >= 11 is 5.38. The van der Waals surface area contributed by atoms with Crippen LogP contribution >= 0.6 is 11.6 Å². The van der Waals surface area contributed by atoms with Gasteiger partial charge in [0, 0.05) is 49.1 Å². The largest absolute Gasteiger partial charge is 0.439 e. The van der Waals surface area contributed by atoms with Gasteiger partial charge in [-0.15, -0.1) is 5.10 Å². The number of nitrogens with one attached hydrogen (secondary N) is 2. The van der Waals surface area contributed by atoms with E-state index < -0.39 is 5.24 Å². The first kappa shape index (κ1) is 29.8. The SMILES string of the molecule is Cc1cc(Nc2ncnc3ccc(C4=CCNCC4)c(N4CC(N(C)C)C4)c23)ccc1Oc1cc2nc(/C=C/C(=O)Cl)nn2cn1. The Morgan fingerprint density at radius 3 is 2.78 bits per heavy atom. The van der Waals surface area contributed by atoms with E-state index in [4.69, 9.17) is 21.3 Å². The minimum Gasteiger partial charge on any atom is -0.439 e. The number of rotatable bonds is 9. The molecule has 0 aliphatic carbocycles. The van der Waals surface area contributed by atoms with E-state index in [9.17, 15) is 4.79 Å². The number of hydrogen-bond acceptors (Lipinski definition) is 11. The van der Waals surface area contributed by atoms with Crippen molar-refractivity contribution < 1.29 is 9.53 Å². The van der Waals surface area contributed by atoms with E-state index in [-0.39, 0.29) is 0 Å². The van der Waals surface area contributed by atoms with Crippen LogP contribution < -0.4 is 20.3 Å². The van der Waals surface area contributed by atoms with Gasteiger partial charge in [0.1, 0.15) is 24.2 Å². The number of fused-ring (bicyclic) bond motifs is 2. The van der Waals surface area contributed by atoms with Crippen LogP contribution in [0, 0.1) is 6.92 Å². The minimum atomic E-state index is -0.600. The zero-order chi connectivity index (χ0) is 31.8. The lowest BCUT2D eigenvalue weighted by Gasteiger charge is -2.45. The van der Waals surface area contributed by atoms with Gasteiger partial charge in [-0.2, -0.15) is 0 Å². The first-order chi connectivity index (χ1) is 22.3. The van der Waals surface area contributed by atoms with Crippen molar-refractivity contribution in [3.05, 3.63) is 78.2 Å². The predicted molar refractivity (Wildman–Crippen MR) is 180 cm³/mol. The summed E-state index contributed by atoms with van der Waals surface area (Å²) in [7, 11) is 4.27. The third-order valence-corrected chi connectivity index (χ3v) is 8.46. The number of anilines is 3. The van der Waals surface area contributed by atoms with Crippen LogP contribution in [0.2, 0.25) is 0 Å². The van der Waals surface area contributed by atoms with Gasteiger partial charge in [-0.3, -0.25) is 4.79 Å². The lowest BCUT2D eigenvalue weighted by molar-refractivity contribution is -0.107. The Labute approximate surface area is 270 Å². The average Bonchev–Trinajstić information content (AvgIpc) is 3.43. The number of hydrogen-bond donors (Lipinski definition) is 2. The van der Waals surface area contributed by atoms with Crippen LogP contribution in [0.5, 0.6) is 11.6 Å². The molecule has 13 heteroatoms. The Morgan fingerprint density at radius 2 is 2.02 bits per heavy atom. The van der Waals surface area contributed by atoms with Gasteiger partial charge in [0.2, 0.25) is 11.1 Å². The molecule has 2 N–H and O–H groups in total. The molecule has 0 unspecified atom stereocenters. The predicted octanol–water partition coefficient (Wildman–Crippen LogP) is 4.82. The molecular weight excluding hydrogens is 604 g/mol. The van der Waals surface area contributed by atoms with E-state index in [1.54, 1.807) is 12.4 Å². The molecule has 0 bridgehead atoms. The van der Waals surface area contributed by atoms with Gasteiger partial charge in [-0.05, 0) is 87.1 Å². The Balaban J connectivity index is 1.18. The monoisotopic (exact) mass is 636 g/mol. The number of carbonyl (C=O) groups excluding carboxylic acids is 1. The number of aryl methyl sites for hydroxylation is 1. The molecule has 1 saturated heterocycles. The van der Waals surface area contributed by atoms with Crippen LogP contribution in [0.15, 0.2) is 61.2 Å². The van der Waals surface area contributed by atoms with Gasteiger partial charge in [-0.1, -0.05) is 12.1 Å². The van der Waals surface area contributed by atoms with Crippen molar-refractivity contribution in [2.45, 2.75) is 19.4 Å². The van der Waals surface area contributed by atoms with E-state index in [0.29, 0.717) is 29.1 Å².